The largest absolute Gasteiger partial charge is 1.00 e. The Morgan fingerprint density at radius 2 is 1.34 bits per heavy atom. The molecule has 0 fully saturated rings. The van der Waals surface area contributed by atoms with E-state index >= 15 is 0 Å². The zero-order valence-electron chi connectivity index (χ0n) is 29.2. The molecule has 0 saturated carbocycles. The molecule has 53 heavy (non-hydrogen) atoms. The number of ether oxygens (including phenoxy) is 2. The van der Waals surface area contributed by atoms with Gasteiger partial charge >= 0.3 is 51.4 Å². The van der Waals surface area contributed by atoms with Crippen LogP contribution in [0.25, 0.3) is 21.5 Å². The van der Waals surface area contributed by atoms with Gasteiger partial charge in [0.15, 0.2) is 17.2 Å². The van der Waals surface area contributed by atoms with Crippen LogP contribution in [0.15, 0.2) is 139 Å². The fourth-order valence-electron chi connectivity index (χ4n) is 6.74. The molecule has 2 aliphatic rings. The summed E-state index contributed by atoms with van der Waals surface area (Å²) in [6.07, 6.45) is 8.11. The molecule has 1 N–H and O–H groups in total. The summed E-state index contributed by atoms with van der Waals surface area (Å²) >= 11 is 0. The first kappa shape index (κ1) is 39.4. The van der Waals surface area contributed by atoms with E-state index in [0.717, 1.165) is 49.0 Å². The molecule has 0 amide bonds. The van der Waals surface area contributed by atoms with Crippen molar-refractivity contribution in [2.45, 2.75) is 25.5 Å². The first-order valence-corrected chi connectivity index (χ1v) is 20.2. The van der Waals surface area contributed by atoms with Gasteiger partial charge in [-0.1, -0.05) is 91.0 Å². The number of nitrogens with one attached hydrogen (secondary N) is 1. The van der Waals surface area contributed by atoms with Crippen LogP contribution < -0.4 is 70.7 Å². The van der Waals surface area contributed by atoms with E-state index < -0.39 is 38.0 Å². The van der Waals surface area contributed by atoms with Gasteiger partial charge in [-0.2, -0.15) is 0 Å². The Hall–Kier alpha value is -3.34. The summed E-state index contributed by atoms with van der Waals surface area (Å²) in [5.74, 6) is 0.875. The minimum absolute atomic E-state index is 0. The summed E-state index contributed by atoms with van der Waals surface area (Å²) in [7, 11) is -8.76. The van der Waals surface area contributed by atoms with Gasteiger partial charge in [-0.25, -0.2) is 16.8 Å². The molecule has 0 saturated heterocycles. The molecule has 0 aliphatic carbocycles. The van der Waals surface area contributed by atoms with Crippen molar-refractivity contribution in [3.05, 3.63) is 144 Å². The van der Waals surface area contributed by atoms with Gasteiger partial charge in [0, 0.05) is 36.6 Å². The van der Waals surface area contributed by atoms with Gasteiger partial charge in [-0.3, -0.25) is 4.90 Å². The normalized spacial score (nSPS) is 17.9. The first-order chi connectivity index (χ1) is 25.0. The monoisotopic (exact) mass is 776 g/mol. The van der Waals surface area contributed by atoms with Crippen LogP contribution in [0.3, 0.4) is 0 Å². The Balaban J connectivity index is 0.00000481. The molecule has 0 radical (unpaired) electrons. The van der Waals surface area contributed by atoms with Crippen LogP contribution in [0.5, 0.6) is 11.5 Å². The van der Waals surface area contributed by atoms with Crippen molar-refractivity contribution in [2.24, 2.45) is 0 Å². The SMILES string of the molecule is O=S(=O)([O-])CCCN1\C(=C/C=C(/C=C/C2Oc3cc4ccccc4cc3[NH+]2CCCS(=O)(=O)[O-])Cc2ccccc2)Oc2cc3ccccc3cc21.[K+]. The van der Waals surface area contributed by atoms with Crippen molar-refractivity contribution in [2.75, 3.05) is 29.5 Å². The predicted molar refractivity (Wildman–Crippen MR) is 200 cm³/mol. The van der Waals surface area contributed by atoms with Crippen LogP contribution >= 0.6 is 0 Å². The van der Waals surface area contributed by atoms with E-state index in [0.29, 0.717) is 30.3 Å². The maximum atomic E-state index is 11.5. The molecule has 13 heteroatoms. The molecule has 0 aromatic heterocycles. The van der Waals surface area contributed by atoms with Crippen LogP contribution in [0, 0.1) is 0 Å². The second-order valence-corrected chi connectivity index (χ2v) is 16.0. The van der Waals surface area contributed by atoms with E-state index in [1.165, 1.54) is 0 Å². The number of benzene rings is 5. The van der Waals surface area contributed by atoms with Gasteiger partial charge in [-0.05, 0) is 69.8 Å². The number of anilines is 1. The topological polar surface area (TPSA) is 141 Å². The van der Waals surface area contributed by atoms with Crippen molar-refractivity contribution >= 4 is 53.2 Å². The van der Waals surface area contributed by atoms with E-state index in [9.17, 15) is 25.9 Å². The number of quaternary nitrogens is 1. The zero-order valence-corrected chi connectivity index (χ0v) is 33.9. The summed E-state index contributed by atoms with van der Waals surface area (Å²) in [6, 6.07) is 33.8. The average Bonchev–Trinajstić information content (AvgIpc) is 3.62. The van der Waals surface area contributed by atoms with Gasteiger partial charge in [0.25, 0.3) is 6.23 Å². The fraction of sp³-hybridized carbons (Fsp3) is 0.200. The second kappa shape index (κ2) is 17.0. The summed E-state index contributed by atoms with van der Waals surface area (Å²) in [4.78, 5) is 2.80. The Morgan fingerprint density at radius 3 is 2.00 bits per heavy atom. The number of fused-ring (bicyclic) bond motifs is 4. The molecule has 2 unspecified atom stereocenters. The van der Waals surface area contributed by atoms with Crippen molar-refractivity contribution < 1.29 is 91.7 Å². The van der Waals surface area contributed by atoms with E-state index in [2.05, 4.69) is 6.07 Å². The molecule has 10 nitrogen and oxygen atoms in total. The van der Waals surface area contributed by atoms with Crippen LogP contribution in [0.4, 0.5) is 11.4 Å². The Labute approximate surface area is 352 Å². The summed E-state index contributed by atoms with van der Waals surface area (Å²) in [5.41, 5.74) is 3.66. The molecule has 0 bridgehead atoms. The molecule has 5 aromatic rings. The third-order valence-electron chi connectivity index (χ3n) is 9.18. The quantitative estimate of drug-likeness (QED) is 0.109. The molecule has 2 aliphatic heterocycles. The minimum Gasteiger partial charge on any atom is -0.748 e. The second-order valence-electron chi connectivity index (χ2n) is 12.9. The molecule has 2 atom stereocenters. The van der Waals surface area contributed by atoms with Crippen molar-refractivity contribution in [1.29, 1.82) is 0 Å². The maximum absolute atomic E-state index is 11.5. The molecule has 2 heterocycles. The van der Waals surface area contributed by atoms with Gasteiger partial charge in [-0.15, -0.1) is 0 Å². The maximum Gasteiger partial charge on any atom is 1.00 e. The number of hydrogen-bond donors (Lipinski definition) is 1. The minimum atomic E-state index is -4.39. The van der Waals surface area contributed by atoms with Crippen LogP contribution in [-0.2, 0) is 26.7 Å². The number of nitrogens with zero attached hydrogens (tertiary/aromatic N) is 1. The van der Waals surface area contributed by atoms with E-state index in [1.54, 1.807) is 0 Å². The van der Waals surface area contributed by atoms with Gasteiger partial charge in [0.1, 0.15) is 0 Å². The predicted octanol–water partition coefficient (Wildman–Crippen LogP) is 2.57. The molecule has 5 aromatic carbocycles. The Kier molecular flexibility index (Phi) is 12.6. The molecular weight excluding hydrogens is 740 g/mol. The van der Waals surface area contributed by atoms with Crippen molar-refractivity contribution in [1.82, 2.24) is 0 Å². The van der Waals surface area contributed by atoms with E-state index in [-0.39, 0.29) is 70.8 Å². The number of allylic oxidation sites excluding steroid dienone is 4. The Bertz CT molecular complexity index is 2430. The number of rotatable bonds is 13. The van der Waals surface area contributed by atoms with Crippen molar-refractivity contribution in [3.63, 3.8) is 0 Å². The summed E-state index contributed by atoms with van der Waals surface area (Å²) in [5, 5.41) is 4.05. The van der Waals surface area contributed by atoms with E-state index in [1.807, 2.05) is 126 Å². The van der Waals surface area contributed by atoms with Crippen LogP contribution in [0.2, 0.25) is 0 Å². The summed E-state index contributed by atoms with van der Waals surface area (Å²) < 4.78 is 81.5. The van der Waals surface area contributed by atoms with Crippen molar-refractivity contribution in [3.8, 4) is 11.5 Å². The van der Waals surface area contributed by atoms with Crippen LogP contribution in [-0.4, -0.2) is 56.8 Å². The number of hydrogen-bond acceptors (Lipinski definition) is 9. The third-order valence-corrected chi connectivity index (χ3v) is 10.8. The van der Waals surface area contributed by atoms with Gasteiger partial charge < -0.3 is 23.5 Å². The Morgan fingerprint density at radius 1 is 0.755 bits per heavy atom. The smallest absolute Gasteiger partial charge is 0.748 e. The standard InChI is InChI=1S/C40H38N2O8S2.K/c43-51(44,45)22-8-20-41-35-25-31-12-4-6-14-33(31)27-37(35)49-39(41)18-16-30(24-29-10-2-1-3-11-29)17-19-40-42(21-9-23-52(46,47)48)36-26-32-13-5-7-15-34(32)28-38(36)50-40;/h1-7,10-19,25-28,39H,8-9,20-24H2,(H,43,44,45)(H,46,47,48);/q;+1/p-1/b18-16+,30-17-,40-19+;. The van der Waals surface area contributed by atoms with Gasteiger partial charge in [0.05, 0.1) is 32.5 Å². The molecule has 0 spiro atoms. The third kappa shape index (κ3) is 10.1. The summed E-state index contributed by atoms with van der Waals surface area (Å²) in [6.45, 7) is 0.633. The fourth-order valence-corrected chi connectivity index (χ4v) is 7.72. The zero-order chi connectivity index (χ0) is 36.3. The molecular formula is C40H37KN2O8S2. The average molecular weight is 777 g/mol. The molecule has 7 rings (SSSR count). The first-order valence-electron chi connectivity index (χ1n) is 17.0. The van der Waals surface area contributed by atoms with E-state index in [4.69, 9.17) is 9.47 Å². The van der Waals surface area contributed by atoms with Gasteiger partial charge in [0.2, 0.25) is 5.88 Å². The van der Waals surface area contributed by atoms with Crippen LogP contribution in [0.1, 0.15) is 18.4 Å². The molecule has 268 valence electrons.